The van der Waals surface area contributed by atoms with Crippen molar-refractivity contribution < 1.29 is 30.3 Å². The van der Waals surface area contributed by atoms with Gasteiger partial charge in [-0.05, 0) is 24.3 Å². The summed E-state index contributed by atoms with van der Waals surface area (Å²) in [6, 6.07) is 12.6. The van der Waals surface area contributed by atoms with Crippen molar-refractivity contribution in [3.05, 3.63) is 60.4 Å². The minimum absolute atomic E-state index is 0.0589. The molecule has 0 radical (unpaired) electrons. The predicted octanol–water partition coefficient (Wildman–Crippen LogP) is 3.73. The number of nitrogens with zero attached hydrogens (tertiary/aromatic N) is 1. The third-order valence-corrected chi connectivity index (χ3v) is 4.18. The highest BCUT2D eigenvalue weighted by Crippen LogP contribution is 2.31. The Morgan fingerprint density at radius 2 is 1.58 bits per heavy atom. The van der Waals surface area contributed by atoms with Gasteiger partial charge in [-0.3, -0.25) is 4.28 Å². The molecule has 3 aromatic rings. The van der Waals surface area contributed by atoms with Crippen LogP contribution in [0.5, 0.6) is 0 Å². The van der Waals surface area contributed by atoms with Crippen LogP contribution in [0.3, 0.4) is 0 Å². The van der Waals surface area contributed by atoms with Crippen molar-refractivity contribution in [1.82, 2.24) is 4.73 Å². The molecule has 1 heterocycles. The third kappa shape index (κ3) is 2.71. The van der Waals surface area contributed by atoms with Gasteiger partial charge in [0.1, 0.15) is 5.82 Å². The second kappa shape index (κ2) is 5.52. The number of hydrogen-bond donors (Lipinski definition) is 0. The van der Waals surface area contributed by atoms with Crippen molar-refractivity contribution >= 4 is 21.0 Å². The van der Waals surface area contributed by atoms with Gasteiger partial charge in [0.05, 0.1) is 11.2 Å². The Morgan fingerprint density at radius 3 is 2.25 bits per heavy atom. The number of hydrogen-bond acceptors (Lipinski definition) is 3. The van der Waals surface area contributed by atoms with Gasteiger partial charge in [-0.15, -0.1) is 0 Å². The average molecular weight is 359 g/mol. The largest absolute Gasteiger partial charge is 0.536 e. The van der Waals surface area contributed by atoms with Gasteiger partial charge in [0, 0.05) is 10.9 Å². The second-order valence-electron chi connectivity index (χ2n) is 4.84. The predicted molar refractivity (Wildman–Crippen MR) is 78.9 cm³/mol. The molecule has 126 valence electrons. The molecule has 1 aromatic heterocycles. The monoisotopic (exact) mass is 359 g/mol. The second-order valence-corrected chi connectivity index (χ2v) is 6.36. The highest BCUT2D eigenvalue weighted by atomic mass is 32.2. The quantitative estimate of drug-likeness (QED) is 0.529. The summed E-state index contributed by atoms with van der Waals surface area (Å²) in [5.74, 6) is -0.727. The van der Waals surface area contributed by atoms with Gasteiger partial charge in [0.2, 0.25) is 0 Å². The molecule has 0 saturated heterocycles. The average Bonchev–Trinajstić information content (AvgIpc) is 2.85. The number of halogens is 4. The van der Waals surface area contributed by atoms with Crippen LogP contribution >= 0.6 is 0 Å². The van der Waals surface area contributed by atoms with Crippen molar-refractivity contribution in [3.8, 4) is 11.3 Å². The first-order chi connectivity index (χ1) is 11.2. The molecule has 2 aromatic carbocycles. The van der Waals surface area contributed by atoms with E-state index in [1.165, 1.54) is 36.4 Å². The van der Waals surface area contributed by atoms with Crippen LogP contribution in [0.1, 0.15) is 0 Å². The van der Waals surface area contributed by atoms with Gasteiger partial charge in [-0.2, -0.15) is 26.3 Å². The molecule has 0 unspecified atom stereocenters. The highest BCUT2D eigenvalue weighted by molar-refractivity contribution is 7.87. The fourth-order valence-electron chi connectivity index (χ4n) is 2.21. The lowest BCUT2D eigenvalue weighted by Crippen LogP contribution is -2.33. The van der Waals surface area contributed by atoms with E-state index in [-0.39, 0.29) is 16.8 Å². The highest BCUT2D eigenvalue weighted by Gasteiger charge is 2.49. The van der Waals surface area contributed by atoms with E-state index in [4.69, 9.17) is 0 Å². The van der Waals surface area contributed by atoms with E-state index in [1.54, 1.807) is 12.1 Å². The molecule has 0 fully saturated rings. The maximum absolute atomic E-state index is 14.0. The van der Waals surface area contributed by atoms with Crippen LogP contribution in [0, 0.1) is 5.82 Å². The van der Waals surface area contributed by atoms with Crippen LogP contribution in [0.4, 0.5) is 17.6 Å². The normalized spacial score (nSPS) is 12.5. The number of alkyl halides is 3. The first-order valence-corrected chi connectivity index (χ1v) is 7.98. The Labute approximate surface area is 134 Å². The lowest BCUT2D eigenvalue weighted by molar-refractivity contribution is -0.0542. The first kappa shape index (κ1) is 16.3. The summed E-state index contributed by atoms with van der Waals surface area (Å²) in [4.78, 5) is 0. The van der Waals surface area contributed by atoms with Crippen molar-refractivity contribution in [2.24, 2.45) is 0 Å². The Kier molecular flexibility index (Phi) is 3.75. The summed E-state index contributed by atoms with van der Waals surface area (Å²) in [7, 11) is -5.91. The van der Waals surface area contributed by atoms with Gasteiger partial charge >= 0.3 is 15.6 Å². The van der Waals surface area contributed by atoms with Crippen molar-refractivity contribution in [2.75, 3.05) is 0 Å². The van der Waals surface area contributed by atoms with E-state index in [9.17, 15) is 26.0 Å². The third-order valence-electron chi connectivity index (χ3n) is 3.27. The molecule has 24 heavy (non-hydrogen) atoms. The summed E-state index contributed by atoms with van der Waals surface area (Å²) in [5.41, 5.74) is -5.79. The summed E-state index contributed by atoms with van der Waals surface area (Å²) < 4.78 is 79.4. The van der Waals surface area contributed by atoms with Gasteiger partial charge < -0.3 is 0 Å². The van der Waals surface area contributed by atoms with Crippen LogP contribution in [0.15, 0.2) is 54.6 Å². The Balaban J connectivity index is 2.26. The zero-order chi connectivity index (χ0) is 17.5. The molecule has 0 amide bonds. The Bertz CT molecular complexity index is 1010. The fourth-order valence-corrected chi connectivity index (χ4v) is 2.65. The van der Waals surface area contributed by atoms with Crippen LogP contribution in [0.25, 0.3) is 22.2 Å². The first-order valence-electron chi connectivity index (χ1n) is 6.57. The van der Waals surface area contributed by atoms with Crippen molar-refractivity contribution in [3.63, 3.8) is 0 Å². The van der Waals surface area contributed by atoms with Crippen LogP contribution in [0.2, 0.25) is 0 Å². The zero-order valence-corrected chi connectivity index (χ0v) is 12.6. The SMILES string of the molecule is O=S(=O)(On1c(-c2ccccc2F)cc2ccccc21)C(F)(F)F. The number of fused-ring (bicyclic) bond motifs is 1. The van der Waals surface area contributed by atoms with Gasteiger partial charge in [0.15, 0.2) is 0 Å². The fraction of sp³-hybridized carbons (Fsp3) is 0.0667. The van der Waals surface area contributed by atoms with Gasteiger partial charge in [-0.25, -0.2) is 4.39 Å². The molecule has 0 aliphatic rings. The molecular weight excluding hydrogens is 350 g/mol. The van der Waals surface area contributed by atoms with Crippen LogP contribution < -0.4 is 4.28 Å². The smallest absolute Gasteiger partial charge is 0.280 e. The Hall–Kier alpha value is -2.55. The molecule has 0 bridgehead atoms. The maximum Gasteiger partial charge on any atom is 0.536 e. The van der Waals surface area contributed by atoms with E-state index in [0.29, 0.717) is 10.1 Å². The molecule has 0 atom stereocenters. The molecule has 0 saturated carbocycles. The lowest BCUT2D eigenvalue weighted by atomic mass is 10.1. The van der Waals surface area contributed by atoms with Crippen molar-refractivity contribution in [1.29, 1.82) is 0 Å². The summed E-state index contributed by atoms with van der Waals surface area (Å²) in [6.07, 6.45) is 0. The molecule has 0 spiro atoms. The van der Waals surface area contributed by atoms with E-state index in [0.717, 1.165) is 6.07 Å². The molecule has 9 heteroatoms. The van der Waals surface area contributed by atoms with E-state index < -0.39 is 21.4 Å². The molecule has 0 aliphatic carbocycles. The van der Waals surface area contributed by atoms with Gasteiger partial charge in [0.25, 0.3) is 0 Å². The van der Waals surface area contributed by atoms with Crippen LogP contribution in [-0.2, 0) is 10.1 Å². The lowest BCUT2D eigenvalue weighted by Gasteiger charge is -2.13. The maximum atomic E-state index is 14.0. The van der Waals surface area contributed by atoms with E-state index in [2.05, 4.69) is 4.28 Å². The molecule has 0 aliphatic heterocycles. The molecule has 4 nitrogen and oxygen atoms in total. The summed E-state index contributed by atoms with van der Waals surface area (Å²) in [5, 5.41) is 0.396. The topological polar surface area (TPSA) is 48.3 Å². The minimum Gasteiger partial charge on any atom is -0.280 e. The van der Waals surface area contributed by atoms with Gasteiger partial charge in [-0.1, -0.05) is 30.3 Å². The molecule has 0 N–H and O–H groups in total. The number of benzene rings is 2. The minimum atomic E-state index is -5.91. The number of aromatic nitrogens is 1. The number of rotatable bonds is 3. The Morgan fingerprint density at radius 1 is 0.958 bits per heavy atom. The van der Waals surface area contributed by atoms with Crippen LogP contribution in [-0.4, -0.2) is 18.7 Å². The van der Waals surface area contributed by atoms with Crippen molar-refractivity contribution in [2.45, 2.75) is 5.51 Å². The van der Waals surface area contributed by atoms with E-state index >= 15 is 0 Å². The zero-order valence-electron chi connectivity index (χ0n) is 11.8. The molecular formula is C15H9F4NO3S. The molecule has 3 rings (SSSR count). The summed E-state index contributed by atoms with van der Waals surface area (Å²) >= 11 is 0. The van der Waals surface area contributed by atoms with E-state index in [1.807, 2.05) is 0 Å². The standard InChI is InChI=1S/C15H9F4NO3S/c16-12-7-3-2-6-11(12)14-9-10-5-1-4-8-13(10)20(14)23-24(21,22)15(17,18)19/h1-9H. The number of para-hydroxylation sites is 1. The summed E-state index contributed by atoms with van der Waals surface area (Å²) in [6.45, 7) is 0.